The summed E-state index contributed by atoms with van der Waals surface area (Å²) in [5.74, 6) is 0.986. The number of pyridine rings is 1. The fourth-order valence-electron chi connectivity index (χ4n) is 3.69. The largest absolute Gasteiger partial charge is 0.294 e. The first-order chi connectivity index (χ1) is 12.7. The van der Waals surface area contributed by atoms with Crippen LogP contribution < -0.4 is 0 Å². The molecule has 0 atom stereocenters. The van der Waals surface area contributed by atoms with Gasteiger partial charge in [0.25, 0.3) is 0 Å². The fourth-order valence-corrected chi connectivity index (χ4v) is 3.69. The van der Waals surface area contributed by atoms with E-state index < -0.39 is 0 Å². The van der Waals surface area contributed by atoms with Gasteiger partial charge in [0.15, 0.2) is 0 Å². The molecule has 0 amide bonds. The third-order valence-corrected chi connectivity index (χ3v) is 5.38. The minimum atomic E-state index is 0.0903. The number of benzene rings is 2. The quantitative estimate of drug-likeness (QED) is 0.368. The SMILES string of the molecule is CC(C)(C)c1ccnc(-n2c3ccccc3c3ccc(C(C)(C)C)cc32)c1. The molecular weight excluding hydrogens is 328 g/mol. The molecule has 0 spiro atoms. The first kappa shape index (κ1) is 17.8. The lowest BCUT2D eigenvalue weighted by atomic mass is 9.86. The zero-order valence-corrected chi connectivity index (χ0v) is 17.2. The van der Waals surface area contributed by atoms with E-state index in [4.69, 9.17) is 4.98 Å². The Kier molecular flexibility index (Phi) is 3.92. The first-order valence-corrected chi connectivity index (χ1v) is 9.67. The van der Waals surface area contributed by atoms with Crippen LogP contribution in [0.5, 0.6) is 0 Å². The number of para-hydroxylation sites is 1. The van der Waals surface area contributed by atoms with E-state index in [1.54, 1.807) is 0 Å². The van der Waals surface area contributed by atoms with Crippen LogP contribution in [0.1, 0.15) is 52.7 Å². The average Bonchev–Trinajstić information content (AvgIpc) is 2.94. The van der Waals surface area contributed by atoms with Gasteiger partial charge in [-0.05, 0) is 46.2 Å². The van der Waals surface area contributed by atoms with Gasteiger partial charge in [-0.3, -0.25) is 4.57 Å². The lowest BCUT2D eigenvalue weighted by molar-refractivity contribution is 0.588. The van der Waals surface area contributed by atoms with Gasteiger partial charge in [-0.2, -0.15) is 0 Å². The number of aromatic nitrogens is 2. The summed E-state index contributed by atoms with van der Waals surface area (Å²) in [4.78, 5) is 4.75. The topological polar surface area (TPSA) is 17.8 Å². The molecule has 0 fully saturated rings. The Morgan fingerprint density at radius 2 is 1.30 bits per heavy atom. The van der Waals surface area contributed by atoms with Crippen molar-refractivity contribution in [3.05, 3.63) is 71.9 Å². The fraction of sp³-hybridized carbons (Fsp3) is 0.320. The van der Waals surface area contributed by atoms with Crippen molar-refractivity contribution in [3.63, 3.8) is 0 Å². The van der Waals surface area contributed by atoms with E-state index in [-0.39, 0.29) is 10.8 Å². The highest BCUT2D eigenvalue weighted by Crippen LogP contribution is 2.35. The van der Waals surface area contributed by atoms with Crippen LogP contribution in [0.2, 0.25) is 0 Å². The highest BCUT2D eigenvalue weighted by molar-refractivity contribution is 6.09. The molecule has 2 heterocycles. The Hall–Kier alpha value is -2.61. The normalized spacial score (nSPS) is 12.8. The zero-order valence-electron chi connectivity index (χ0n) is 17.2. The molecule has 0 saturated carbocycles. The highest BCUT2D eigenvalue weighted by atomic mass is 15.1. The molecule has 2 heteroatoms. The van der Waals surface area contributed by atoms with Gasteiger partial charge in [0.2, 0.25) is 0 Å². The molecule has 0 aliphatic rings. The predicted molar refractivity (Wildman–Crippen MR) is 116 cm³/mol. The molecule has 2 aromatic carbocycles. The predicted octanol–water partition coefficient (Wildman–Crippen LogP) is 6.77. The van der Waals surface area contributed by atoms with Crippen molar-refractivity contribution in [1.29, 1.82) is 0 Å². The molecule has 0 saturated heterocycles. The summed E-state index contributed by atoms with van der Waals surface area (Å²) in [6.45, 7) is 13.5. The van der Waals surface area contributed by atoms with Gasteiger partial charge in [0, 0.05) is 17.0 Å². The van der Waals surface area contributed by atoms with Crippen LogP contribution in [0.3, 0.4) is 0 Å². The average molecular weight is 357 g/mol. The Morgan fingerprint density at radius 1 is 0.667 bits per heavy atom. The van der Waals surface area contributed by atoms with Gasteiger partial charge in [-0.25, -0.2) is 4.98 Å². The van der Waals surface area contributed by atoms with Crippen molar-refractivity contribution >= 4 is 21.8 Å². The zero-order chi connectivity index (χ0) is 19.4. The van der Waals surface area contributed by atoms with E-state index in [1.165, 1.54) is 32.9 Å². The van der Waals surface area contributed by atoms with E-state index in [0.717, 1.165) is 5.82 Å². The van der Waals surface area contributed by atoms with Crippen molar-refractivity contribution < 1.29 is 0 Å². The number of hydrogen-bond acceptors (Lipinski definition) is 1. The first-order valence-electron chi connectivity index (χ1n) is 9.67. The van der Waals surface area contributed by atoms with Crippen LogP contribution in [0.4, 0.5) is 0 Å². The Labute approximate surface area is 161 Å². The highest BCUT2D eigenvalue weighted by Gasteiger charge is 2.20. The summed E-state index contributed by atoms with van der Waals surface area (Å²) in [6.07, 6.45) is 1.93. The summed E-state index contributed by atoms with van der Waals surface area (Å²) < 4.78 is 2.31. The van der Waals surface area contributed by atoms with E-state index in [1.807, 2.05) is 6.20 Å². The number of rotatable bonds is 1. The van der Waals surface area contributed by atoms with Gasteiger partial charge in [0.1, 0.15) is 5.82 Å². The minimum absolute atomic E-state index is 0.0903. The Bertz CT molecular complexity index is 1130. The van der Waals surface area contributed by atoms with Crippen molar-refractivity contribution in [2.75, 3.05) is 0 Å². The van der Waals surface area contributed by atoms with Crippen LogP contribution in [0.25, 0.3) is 27.6 Å². The lowest BCUT2D eigenvalue weighted by Crippen LogP contribution is -2.12. The van der Waals surface area contributed by atoms with Crippen LogP contribution in [-0.2, 0) is 10.8 Å². The van der Waals surface area contributed by atoms with Gasteiger partial charge in [-0.15, -0.1) is 0 Å². The monoisotopic (exact) mass is 356 g/mol. The Balaban J connectivity index is 2.09. The van der Waals surface area contributed by atoms with Crippen molar-refractivity contribution in [3.8, 4) is 5.82 Å². The summed E-state index contributed by atoms with van der Waals surface area (Å²) >= 11 is 0. The van der Waals surface area contributed by atoms with E-state index >= 15 is 0 Å². The molecule has 0 radical (unpaired) electrons. The minimum Gasteiger partial charge on any atom is -0.294 e. The molecular formula is C25H28N2. The molecule has 2 nitrogen and oxygen atoms in total. The molecule has 4 rings (SSSR count). The lowest BCUT2D eigenvalue weighted by Gasteiger charge is -2.21. The molecule has 27 heavy (non-hydrogen) atoms. The second kappa shape index (κ2) is 5.95. The summed E-state index contributed by atoms with van der Waals surface area (Å²) in [5.41, 5.74) is 5.26. The van der Waals surface area contributed by atoms with Crippen molar-refractivity contribution in [2.24, 2.45) is 0 Å². The molecule has 0 aliphatic carbocycles. The molecule has 4 aromatic rings. The third-order valence-electron chi connectivity index (χ3n) is 5.38. The van der Waals surface area contributed by atoms with Gasteiger partial charge >= 0.3 is 0 Å². The van der Waals surface area contributed by atoms with Crippen molar-refractivity contribution in [2.45, 2.75) is 52.4 Å². The van der Waals surface area contributed by atoms with Gasteiger partial charge < -0.3 is 0 Å². The van der Waals surface area contributed by atoms with Crippen LogP contribution in [0, 0.1) is 0 Å². The maximum atomic E-state index is 4.75. The summed E-state index contributed by atoms with van der Waals surface area (Å²) in [6, 6.07) is 19.8. The van der Waals surface area contributed by atoms with Gasteiger partial charge in [-0.1, -0.05) is 71.9 Å². The van der Waals surface area contributed by atoms with E-state index in [2.05, 4.69) is 101 Å². The molecule has 138 valence electrons. The number of nitrogens with zero attached hydrogens (tertiary/aromatic N) is 2. The summed E-state index contributed by atoms with van der Waals surface area (Å²) in [7, 11) is 0. The van der Waals surface area contributed by atoms with Crippen molar-refractivity contribution in [1.82, 2.24) is 9.55 Å². The van der Waals surface area contributed by atoms with Crippen LogP contribution in [0.15, 0.2) is 60.8 Å². The van der Waals surface area contributed by atoms with Crippen LogP contribution in [-0.4, -0.2) is 9.55 Å². The second-order valence-electron chi connectivity index (χ2n) is 9.49. The number of fused-ring (bicyclic) bond motifs is 3. The van der Waals surface area contributed by atoms with E-state index in [0.29, 0.717) is 0 Å². The number of hydrogen-bond donors (Lipinski definition) is 0. The maximum Gasteiger partial charge on any atom is 0.137 e. The molecule has 2 aromatic heterocycles. The maximum absolute atomic E-state index is 4.75. The van der Waals surface area contributed by atoms with Gasteiger partial charge in [0.05, 0.1) is 11.0 Å². The second-order valence-corrected chi connectivity index (χ2v) is 9.49. The molecule has 0 aliphatic heterocycles. The van der Waals surface area contributed by atoms with Crippen LogP contribution >= 0.6 is 0 Å². The molecule has 0 bridgehead atoms. The van der Waals surface area contributed by atoms with E-state index in [9.17, 15) is 0 Å². The molecule has 0 unspecified atom stereocenters. The standard InChI is InChI=1S/C25H28N2/c1-24(2,3)17-11-12-20-19-9-7-8-10-21(19)27(22(20)15-17)23-16-18(13-14-26-23)25(4,5)6/h7-16H,1-6H3. The molecule has 0 N–H and O–H groups in total. The summed E-state index contributed by atoms with van der Waals surface area (Å²) in [5, 5.41) is 2.55. The smallest absolute Gasteiger partial charge is 0.137 e. The Morgan fingerprint density at radius 3 is 2.00 bits per heavy atom. The third kappa shape index (κ3) is 3.03.